The zero-order valence-electron chi connectivity index (χ0n) is 15.7. The predicted molar refractivity (Wildman–Crippen MR) is 123 cm³/mol. The highest BCUT2D eigenvalue weighted by atomic mass is 79.9. The molecule has 2 aromatic heterocycles. The minimum absolute atomic E-state index is 0.0513. The van der Waals surface area contributed by atoms with Gasteiger partial charge in [0, 0.05) is 29.7 Å². The first-order valence-corrected chi connectivity index (χ1v) is 10.4. The van der Waals surface area contributed by atoms with E-state index < -0.39 is 0 Å². The quantitative estimate of drug-likeness (QED) is 0.315. The summed E-state index contributed by atoms with van der Waals surface area (Å²) in [5, 5.41) is 20.0. The average molecular weight is 515 g/mol. The molecule has 0 bridgehead atoms. The van der Waals surface area contributed by atoms with Gasteiger partial charge in [0.15, 0.2) is 0 Å². The fourth-order valence-corrected chi connectivity index (χ4v) is 4.34. The second-order valence-electron chi connectivity index (χ2n) is 6.75. The van der Waals surface area contributed by atoms with Crippen molar-refractivity contribution in [2.45, 2.75) is 13.8 Å². The van der Waals surface area contributed by atoms with E-state index in [0.717, 1.165) is 33.7 Å². The van der Waals surface area contributed by atoms with Gasteiger partial charge in [-0.15, -0.1) is 0 Å². The Hall–Kier alpha value is -2.64. The van der Waals surface area contributed by atoms with Gasteiger partial charge in [0.05, 0.1) is 27.1 Å². The minimum Gasteiger partial charge on any atom is -0.506 e. The maximum Gasteiger partial charge on any atom is 0.147 e. The van der Waals surface area contributed by atoms with Crippen molar-refractivity contribution in [1.82, 2.24) is 9.38 Å². The molecule has 0 radical (unpaired) electrons. The summed E-state index contributed by atoms with van der Waals surface area (Å²) in [6, 6.07) is 11.6. The van der Waals surface area contributed by atoms with Gasteiger partial charge in [0.2, 0.25) is 0 Å². The highest BCUT2D eigenvalue weighted by Gasteiger charge is 2.12. The minimum atomic E-state index is -0.0640. The average Bonchev–Trinajstić information content (AvgIpc) is 3.13. The molecule has 5 nitrogen and oxygen atoms in total. The first-order valence-electron chi connectivity index (χ1n) is 8.84. The smallest absolute Gasteiger partial charge is 0.147 e. The number of phenols is 2. The third-order valence-electron chi connectivity index (χ3n) is 4.64. The molecule has 0 aliphatic carbocycles. The molecular weight excluding hydrogens is 498 g/mol. The molecule has 29 heavy (non-hydrogen) atoms. The van der Waals surface area contributed by atoms with Crippen molar-refractivity contribution in [1.29, 1.82) is 0 Å². The summed E-state index contributed by atoms with van der Waals surface area (Å²) in [4.78, 5) is 8.95. The van der Waals surface area contributed by atoms with Crippen LogP contribution in [0.15, 0.2) is 62.7 Å². The zero-order chi connectivity index (χ0) is 20.7. The van der Waals surface area contributed by atoms with E-state index in [0.29, 0.717) is 10.0 Å². The first-order chi connectivity index (χ1) is 13.8. The third-order valence-corrected chi connectivity index (χ3v) is 6.00. The third kappa shape index (κ3) is 3.80. The largest absolute Gasteiger partial charge is 0.506 e. The Labute approximate surface area is 184 Å². The lowest BCUT2D eigenvalue weighted by molar-refractivity contribution is 0.442. The summed E-state index contributed by atoms with van der Waals surface area (Å²) in [6.45, 7) is 4.00. The summed E-state index contributed by atoms with van der Waals surface area (Å²) in [5.74, 6) is -0.115. The van der Waals surface area contributed by atoms with Crippen LogP contribution in [0.25, 0.3) is 16.6 Å². The van der Waals surface area contributed by atoms with Crippen molar-refractivity contribution >= 4 is 49.3 Å². The number of hydrogen-bond donors (Lipinski definition) is 2. The van der Waals surface area contributed by atoms with Gasteiger partial charge in [-0.25, -0.2) is 0 Å². The van der Waals surface area contributed by atoms with Crippen LogP contribution in [0.4, 0.5) is 5.69 Å². The number of aromatic hydroxyl groups is 2. The van der Waals surface area contributed by atoms with Gasteiger partial charge < -0.3 is 14.6 Å². The van der Waals surface area contributed by atoms with E-state index in [1.165, 1.54) is 0 Å². The number of nitrogens with zero attached hydrogens (tertiary/aromatic N) is 3. The first kappa shape index (κ1) is 19.7. The molecule has 0 aliphatic rings. The Morgan fingerprint density at radius 3 is 2.41 bits per heavy atom. The van der Waals surface area contributed by atoms with E-state index in [1.807, 2.05) is 44.3 Å². The number of rotatable bonds is 3. The second kappa shape index (κ2) is 7.65. The monoisotopic (exact) mass is 513 g/mol. The molecule has 0 amide bonds. The highest BCUT2D eigenvalue weighted by molar-refractivity contribution is 9.11. The molecule has 0 saturated carbocycles. The van der Waals surface area contributed by atoms with Crippen LogP contribution in [0, 0.1) is 13.8 Å². The van der Waals surface area contributed by atoms with Crippen molar-refractivity contribution in [3.63, 3.8) is 0 Å². The van der Waals surface area contributed by atoms with Gasteiger partial charge in [-0.2, -0.15) is 0 Å². The number of phenolic OH excluding ortho intramolecular Hbond substituents is 2. The lowest BCUT2D eigenvalue weighted by atomic mass is 10.1. The van der Waals surface area contributed by atoms with Crippen molar-refractivity contribution in [2.75, 3.05) is 0 Å². The predicted octanol–water partition coefficient (Wildman–Crippen LogP) is 6.30. The van der Waals surface area contributed by atoms with Gasteiger partial charge in [0.1, 0.15) is 16.0 Å². The van der Waals surface area contributed by atoms with Crippen LogP contribution >= 0.6 is 31.9 Å². The Morgan fingerprint density at radius 1 is 0.966 bits per heavy atom. The van der Waals surface area contributed by atoms with E-state index in [-0.39, 0.29) is 16.0 Å². The molecule has 7 heteroatoms. The lowest BCUT2D eigenvalue weighted by Gasteiger charge is -2.06. The van der Waals surface area contributed by atoms with E-state index >= 15 is 0 Å². The second-order valence-corrected chi connectivity index (χ2v) is 8.40. The van der Waals surface area contributed by atoms with Gasteiger partial charge in [-0.3, -0.25) is 9.98 Å². The topological polar surface area (TPSA) is 70.1 Å². The molecule has 0 saturated heterocycles. The number of benzene rings is 2. The maximum absolute atomic E-state index is 10.2. The summed E-state index contributed by atoms with van der Waals surface area (Å²) in [7, 11) is 0. The lowest BCUT2D eigenvalue weighted by Crippen LogP contribution is -1.92. The van der Waals surface area contributed by atoms with Crippen molar-refractivity contribution in [2.24, 2.45) is 4.99 Å². The molecule has 0 fully saturated rings. The molecular formula is C22H17Br2N3O2. The molecule has 4 aromatic rings. The fraction of sp³-hybridized carbons (Fsp3) is 0.0909. The summed E-state index contributed by atoms with van der Waals surface area (Å²) >= 11 is 6.43. The van der Waals surface area contributed by atoms with Crippen LogP contribution < -0.4 is 0 Å². The van der Waals surface area contributed by atoms with E-state index in [2.05, 4.69) is 58.5 Å². The van der Waals surface area contributed by atoms with Crippen molar-refractivity contribution in [3.8, 4) is 22.6 Å². The molecule has 0 spiro atoms. The van der Waals surface area contributed by atoms with Crippen molar-refractivity contribution < 1.29 is 10.2 Å². The molecule has 2 N–H and O–H groups in total. The highest BCUT2D eigenvalue weighted by Crippen LogP contribution is 2.40. The molecule has 0 aliphatic heterocycles. The molecule has 0 atom stereocenters. The number of hydrogen-bond acceptors (Lipinski definition) is 4. The molecule has 0 unspecified atom stereocenters. The summed E-state index contributed by atoms with van der Waals surface area (Å²) in [5.41, 5.74) is 6.52. The van der Waals surface area contributed by atoms with Crippen LogP contribution in [0.3, 0.4) is 0 Å². The van der Waals surface area contributed by atoms with Crippen LogP contribution in [0.1, 0.15) is 17.0 Å². The van der Waals surface area contributed by atoms with Gasteiger partial charge in [0.25, 0.3) is 0 Å². The summed E-state index contributed by atoms with van der Waals surface area (Å²) < 4.78 is 2.80. The van der Waals surface area contributed by atoms with E-state index in [9.17, 15) is 10.2 Å². The van der Waals surface area contributed by atoms with Crippen LogP contribution in [0.5, 0.6) is 11.5 Å². The Morgan fingerprint density at radius 2 is 1.69 bits per heavy atom. The normalized spacial score (nSPS) is 11.6. The van der Waals surface area contributed by atoms with E-state index in [1.54, 1.807) is 12.3 Å². The van der Waals surface area contributed by atoms with Crippen LogP contribution in [-0.2, 0) is 0 Å². The fourth-order valence-electron chi connectivity index (χ4n) is 3.19. The summed E-state index contributed by atoms with van der Waals surface area (Å²) in [6.07, 6.45) is 5.67. The van der Waals surface area contributed by atoms with Crippen LogP contribution in [0.2, 0.25) is 0 Å². The SMILES string of the molecule is Cc1cn2cc(-c3ccc(N=Cc4cc(Br)c(O)c(Br)c4O)cc3)cc2c(C)n1. The van der Waals surface area contributed by atoms with Crippen molar-refractivity contribution in [3.05, 3.63) is 74.7 Å². The van der Waals surface area contributed by atoms with Crippen LogP contribution in [-0.4, -0.2) is 25.8 Å². The number of aryl methyl sites for hydroxylation is 2. The van der Waals surface area contributed by atoms with E-state index in [4.69, 9.17) is 0 Å². The molecule has 2 aromatic carbocycles. The molecule has 146 valence electrons. The zero-order valence-corrected chi connectivity index (χ0v) is 18.9. The van der Waals surface area contributed by atoms with Gasteiger partial charge in [-0.1, -0.05) is 12.1 Å². The van der Waals surface area contributed by atoms with Gasteiger partial charge >= 0.3 is 0 Å². The standard InChI is InChI=1S/C22H17Br2N3O2/c1-12-10-27-11-16(8-19(27)13(2)26-12)14-3-5-17(6-4-14)25-9-15-7-18(23)22(29)20(24)21(15)28/h3-11,28-29H,1-2H3. The number of aromatic nitrogens is 2. The Kier molecular flexibility index (Phi) is 5.19. The Bertz CT molecular complexity index is 1260. The number of halogens is 2. The number of fused-ring (bicyclic) bond motifs is 1. The van der Waals surface area contributed by atoms with Gasteiger partial charge in [-0.05, 0) is 75.5 Å². The number of aliphatic imine (C=N–C) groups is 1. The maximum atomic E-state index is 10.2. The Balaban J connectivity index is 1.62. The molecule has 2 heterocycles. The molecule has 4 rings (SSSR count).